The minimum absolute atomic E-state index is 0.000117. The second kappa shape index (κ2) is 10.9. The van der Waals surface area contributed by atoms with E-state index >= 15 is 0 Å². The van der Waals surface area contributed by atoms with Crippen LogP contribution in [0, 0.1) is 5.82 Å². The van der Waals surface area contributed by atoms with Gasteiger partial charge in [-0.1, -0.05) is 11.6 Å². The molecule has 194 valence electrons. The SMILES string of the molecule is NC(=O)c1c(-c2ccc(Oc3ncc(Cl)cc3F)cc2)nn(C2CCCN(C(=O)C=CC(F)F)C2)c1N. The predicted molar refractivity (Wildman–Crippen MR) is 130 cm³/mol. The van der Waals surface area contributed by atoms with Gasteiger partial charge in [0.05, 0.1) is 11.1 Å². The van der Waals surface area contributed by atoms with Crippen molar-refractivity contribution in [2.24, 2.45) is 5.73 Å². The van der Waals surface area contributed by atoms with Gasteiger partial charge in [-0.3, -0.25) is 9.59 Å². The van der Waals surface area contributed by atoms with Gasteiger partial charge in [0, 0.05) is 30.9 Å². The van der Waals surface area contributed by atoms with E-state index in [1.807, 2.05) is 0 Å². The average Bonchev–Trinajstić information content (AvgIpc) is 3.22. The number of pyridine rings is 1. The number of aromatic nitrogens is 3. The molecule has 13 heteroatoms. The van der Waals surface area contributed by atoms with E-state index in [4.69, 9.17) is 27.8 Å². The van der Waals surface area contributed by atoms with Gasteiger partial charge in [0.25, 0.3) is 18.2 Å². The summed E-state index contributed by atoms with van der Waals surface area (Å²) >= 11 is 5.70. The minimum atomic E-state index is -2.73. The number of nitrogen functional groups attached to an aromatic ring is 1. The number of anilines is 1. The van der Waals surface area contributed by atoms with Gasteiger partial charge >= 0.3 is 0 Å². The lowest BCUT2D eigenvalue weighted by Crippen LogP contribution is -2.40. The van der Waals surface area contributed by atoms with Crippen LogP contribution in [0.1, 0.15) is 29.2 Å². The number of hydrogen-bond acceptors (Lipinski definition) is 6. The van der Waals surface area contributed by atoms with Crippen LogP contribution in [0.2, 0.25) is 5.02 Å². The average molecular weight is 535 g/mol. The number of benzene rings is 1. The number of hydrogen-bond donors (Lipinski definition) is 2. The molecule has 0 spiro atoms. The number of carbonyl (C=O) groups excluding carboxylic acids is 2. The molecule has 1 fully saturated rings. The molecule has 0 radical (unpaired) electrons. The van der Waals surface area contributed by atoms with Crippen LogP contribution < -0.4 is 16.2 Å². The van der Waals surface area contributed by atoms with E-state index in [2.05, 4.69) is 10.1 Å². The Labute approximate surface area is 214 Å². The van der Waals surface area contributed by atoms with Crippen LogP contribution in [0.4, 0.5) is 19.0 Å². The molecule has 37 heavy (non-hydrogen) atoms. The molecule has 2 amide bonds. The van der Waals surface area contributed by atoms with Crippen molar-refractivity contribution in [3.8, 4) is 22.9 Å². The van der Waals surface area contributed by atoms with Crippen LogP contribution in [0.5, 0.6) is 11.6 Å². The van der Waals surface area contributed by atoms with E-state index in [1.54, 1.807) is 12.1 Å². The van der Waals surface area contributed by atoms with E-state index < -0.39 is 30.1 Å². The summed E-state index contributed by atoms with van der Waals surface area (Å²) in [5, 5.41) is 4.64. The highest BCUT2D eigenvalue weighted by molar-refractivity contribution is 6.30. The molecule has 0 aliphatic carbocycles. The summed E-state index contributed by atoms with van der Waals surface area (Å²) in [5.41, 5.74) is 12.6. The van der Waals surface area contributed by atoms with E-state index in [1.165, 1.54) is 27.9 Å². The minimum Gasteiger partial charge on any atom is -0.436 e. The number of ether oxygens (including phenoxy) is 1. The van der Waals surface area contributed by atoms with Crippen molar-refractivity contribution in [3.05, 3.63) is 65.1 Å². The monoisotopic (exact) mass is 534 g/mol. The Kier molecular flexibility index (Phi) is 7.67. The number of nitrogens with two attached hydrogens (primary N) is 2. The summed E-state index contributed by atoms with van der Waals surface area (Å²) in [4.78, 5) is 29.8. The largest absolute Gasteiger partial charge is 0.436 e. The fourth-order valence-electron chi connectivity index (χ4n) is 4.06. The standard InChI is InChI=1S/C24H22ClF3N6O3/c25-14-10-17(26)24(31-11-14)37-16-5-3-13(4-6-16)21-20(23(30)36)22(29)34(32-21)15-2-1-9-33(12-15)19(35)8-7-18(27)28/h3-8,10-11,15,18H,1-2,9,12,29H2,(H2,30,36). The van der Waals surface area contributed by atoms with Crippen LogP contribution in [0.25, 0.3) is 11.3 Å². The Morgan fingerprint density at radius 1 is 1.24 bits per heavy atom. The zero-order valence-electron chi connectivity index (χ0n) is 19.3. The van der Waals surface area contributed by atoms with Gasteiger partial charge in [-0.25, -0.2) is 22.8 Å². The van der Waals surface area contributed by atoms with Crippen molar-refractivity contribution >= 4 is 29.2 Å². The second-order valence-corrected chi connectivity index (χ2v) is 8.69. The van der Waals surface area contributed by atoms with Crippen molar-refractivity contribution in [1.82, 2.24) is 19.7 Å². The number of primary amides is 1. The number of nitrogens with zero attached hydrogens (tertiary/aromatic N) is 4. The summed E-state index contributed by atoms with van der Waals surface area (Å²) in [6.07, 6.45) is 1.07. The van der Waals surface area contributed by atoms with E-state index in [-0.39, 0.29) is 40.3 Å². The van der Waals surface area contributed by atoms with Crippen molar-refractivity contribution in [3.63, 3.8) is 0 Å². The van der Waals surface area contributed by atoms with Crippen LogP contribution >= 0.6 is 11.6 Å². The number of allylic oxidation sites excluding steroid dienone is 1. The molecular formula is C24H22ClF3N6O3. The Morgan fingerprint density at radius 3 is 2.62 bits per heavy atom. The Balaban J connectivity index is 1.59. The zero-order valence-corrected chi connectivity index (χ0v) is 20.0. The van der Waals surface area contributed by atoms with E-state index in [0.717, 1.165) is 12.1 Å². The van der Waals surface area contributed by atoms with Crippen LogP contribution in [-0.4, -0.2) is 51.0 Å². The van der Waals surface area contributed by atoms with Gasteiger partial charge in [-0.05, 0) is 49.2 Å². The lowest BCUT2D eigenvalue weighted by molar-refractivity contribution is -0.127. The van der Waals surface area contributed by atoms with Gasteiger partial charge in [0.2, 0.25) is 5.91 Å². The van der Waals surface area contributed by atoms with E-state index in [0.29, 0.717) is 31.0 Å². The first-order chi connectivity index (χ1) is 17.6. The zero-order chi connectivity index (χ0) is 26.7. The second-order valence-electron chi connectivity index (χ2n) is 8.26. The van der Waals surface area contributed by atoms with Gasteiger partial charge < -0.3 is 21.1 Å². The lowest BCUT2D eigenvalue weighted by atomic mass is 10.1. The van der Waals surface area contributed by atoms with Crippen LogP contribution in [0.15, 0.2) is 48.7 Å². The maximum atomic E-state index is 14.0. The topological polar surface area (TPSA) is 129 Å². The molecule has 1 aliphatic rings. The molecule has 9 nitrogen and oxygen atoms in total. The third kappa shape index (κ3) is 5.85. The highest BCUT2D eigenvalue weighted by atomic mass is 35.5. The third-order valence-electron chi connectivity index (χ3n) is 5.75. The quantitative estimate of drug-likeness (QED) is 0.437. The predicted octanol–water partition coefficient (Wildman–Crippen LogP) is 4.20. The summed E-state index contributed by atoms with van der Waals surface area (Å²) in [6.45, 7) is 0.562. The molecule has 1 unspecified atom stereocenters. The molecule has 0 saturated carbocycles. The Bertz CT molecular complexity index is 1350. The summed E-state index contributed by atoms with van der Waals surface area (Å²) in [7, 11) is 0. The van der Waals surface area contributed by atoms with Crippen molar-refractivity contribution in [1.29, 1.82) is 0 Å². The summed E-state index contributed by atoms with van der Waals surface area (Å²) in [5.74, 6) is -2.04. The molecular weight excluding hydrogens is 513 g/mol. The van der Waals surface area contributed by atoms with E-state index in [9.17, 15) is 22.8 Å². The fourth-order valence-corrected chi connectivity index (χ4v) is 4.20. The van der Waals surface area contributed by atoms with Crippen molar-refractivity contribution in [2.75, 3.05) is 18.8 Å². The maximum absolute atomic E-state index is 14.0. The fraction of sp³-hybridized carbons (Fsp3) is 0.250. The normalized spacial score (nSPS) is 15.9. The summed E-state index contributed by atoms with van der Waals surface area (Å²) < 4.78 is 45.8. The highest BCUT2D eigenvalue weighted by Crippen LogP contribution is 2.33. The third-order valence-corrected chi connectivity index (χ3v) is 5.96. The number of amides is 2. The Morgan fingerprint density at radius 2 is 1.97 bits per heavy atom. The van der Waals surface area contributed by atoms with Crippen molar-refractivity contribution in [2.45, 2.75) is 25.3 Å². The molecule has 4 N–H and O–H groups in total. The molecule has 1 atom stereocenters. The number of rotatable bonds is 7. The van der Waals surface area contributed by atoms with Gasteiger partial charge in [0.1, 0.15) is 22.8 Å². The molecule has 1 aromatic carbocycles. The molecule has 1 aliphatic heterocycles. The lowest BCUT2D eigenvalue weighted by Gasteiger charge is -2.32. The van der Waals surface area contributed by atoms with Gasteiger partial charge in [-0.2, -0.15) is 5.10 Å². The van der Waals surface area contributed by atoms with Gasteiger partial charge in [-0.15, -0.1) is 0 Å². The number of piperidine rings is 1. The first kappa shape index (κ1) is 26.0. The van der Waals surface area contributed by atoms with Crippen LogP contribution in [-0.2, 0) is 4.79 Å². The highest BCUT2D eigenvalue weighted by Gasteiger charge is 2.29. The number of halogens is 4. The first-order valence-corrected chi connectivity index (χ1v) is 11.5. The Hall–Kier alpha value is -4.06. The molecule has 0 bridgehead atoms. The first-order valence-electron chi connectivity index (χ1n) is 11.2. The van der Waals surface area contributed by atoms with Gasteiger partial charge in [0.15, 0.2) is 5.82 Å². The molecule has 1 saturated heterocycles. The smallest absolute Gasteiger partial charge is 0.257 e. The van der Waals surface area contributed by atoms with Crippen LogP contribution in [0.3, 0.4) is 0 Å². The number of alkyl halides is 2. The van der Waals surface area contributed by atoms with Crippen molar-refractivity contribution < 1.29 is 27.5 Å². The molecule has 3 heterocycles. The maximum Gasteiger partial charge on any atom is 0.257 e. The number of carbonyl (C=O) groups is 2. The number of likely N-dealkylation sites (tertiary alicyclic amines) is 1. The molecule has 3 aromatic rings. The molecule has 2 aromatic heterocycles. The summed E-state index contributed by atoms with van der Waals surface area (Å²) in [6, 6.07) is 6.91. The molecule has 4 rings (SSSR count).